The molecule has 2 unspecified atom stereocenters. The highest BCUT2D eigenvalue weighted by Gasteiger charge is 2.22. The van der Waals surface area contributed by atoms with Crippen LogP contribution in [-0.2, 0) is 0 Å². The maximum absolute atomic E-state index is 10.5. The highest BCUT2D eigenvalue weighted by Crippen LogP contribution is 2.26. The third kappa shape index (κ3) is 3.12. The third-order valence-corrected chi connectivity index (χ3v) is 4.03. The van der Waals surface area contributed by atoms with Crippen LogP contribution in [0.1, 0.15) is 42.6 Å². The van der Waals surface area contributed by atoms with E-state index in [-0.39, 0.29) is 6.10 Å². The lowest BCUT2D eigenvalue weighted by molar-refractivity contribution is 0.0940. The molecule has 2 atom stereocenters. The van der Waals surface area contributed by atoms with Gasteiger partial charge in [0.05, 0.1) is 6.10 Å². The Hall–Kier alpha value is -0.860. The van der Waals surface area contributed by atoms with Crippen molar-refractivity contribution in [2.24, 2.45) is 5.92 Å². The van der Waals surface area contributed by atoms with Gasteiger partial charge in [0.25, 0.3) is 0 Å². The first-order valence-electron chi connectivity index (χ1n) is 7.05. The molecule has 1 N–H and O–H groups in total. The van der Waals surface area contributed by atoms with Gasteiger partial charge < -0.3 is 10.0 Å². The Balaban J connectivity index is 2.02. The third-order valence-electron chi connectivity index (χ3n) is 4.03. The molecule has 0 radical (unpaired) electrons. The topological polar surface area (TPSA) is 23.5 Å². The highest BCUT2D eigenvalue weighted by atomic mass is 16.3. The quantitative estimate of drug-likeness (QED) is 0.884. The van der Waals surface area contributed by atoms with Crippen molar-refractivity contribution in [3.63, 3.8) is 0 Å². The van der Waals surface area contributed by atoms with Gasteiger partial charge in [-0.2, -0.15) is 0 Å². The smallest absolute Gasteiger partial charge is 0.0830 e. The van der Waals surface area contributed by atoms with Crippen LogP contribution in [0.25, 0.3) is 0 Å². The lowest BCUT2D eigenvalue weighted by Gasteiger charge is -2.25. The van der Waals surface area contributed by atoms with Crippen molar-refractivity contribution >= 4 is 0 Å². The minimum Gasteiger partial charge on any atom is -0.388 e. The molecular weight excluding hydrogens is 222 g/mol. The summed E-state index contributed by atoms with van der Waals surface area (Å²) in [5, 5.41) is 10.5. The number of nitrogens with zero attached hydrogens (tertiary/aromatic N) is 1. The summed E-state index contributed by atoms with van der Waals surface area (Å²) in [6.07, 6.45) is 2.28. The molecule has 100 valence electrons. The average molecular weight is 247 g/mol. The standard InChI is InChI=1S/C16H25NO/c1-12-6-7-15(13(2)10-12)16(18)14(3)11-17-8-4-5-9-17/h6-7,10,14,16,18H,4-5,8-9,11H2,1-3H3. The molecule has 1 saturated heterocycles. The number of rotatable bonds is 4. The molecular formula is C16H25NO. The van der Waals surface area contributed by atoms with Gasteiger partial charge in [-0.05, 0) is 56.8 Å². The van der Waals surface area contributed by atoms with Crippen LogP contribution in [0.2, 0.25) is 0 Å². The molecule has 1 fully saturated rings. The van der Waals surface area contributed by atoms with E-state index in [1.807, 2.05) is 0 Å². The second kappa shape index (κ2) is 5.85. The van der Waals surface area contributed by atoms with Gasteiger partial charge >= 0.3 is 0 Å². The average Bonchev–Trinajstić information content (AvgIpc) is 2.81. The Morgan fingerprint density at radius 1 is 1.22 bits per heavy atom. The van der Waals surface area contributed by atoms with Crippen molar-refractivity contribution in [1.82, 2.24) is 4.90 Å². The zero-order chi connectivity index (χ0) is 13.1. The summed E-state index contributed by atoms with van der Waals surface area (Å²) < 4.78 is 0. The van der Waals surface area contributed by atoms with Crippen LogP contribution >= 0.6 is 0 Å². The number of aliphatic hydroxyl groups excluding tert-OH is 1. The Labute approximate surface area is 111 Å². The van der Waals surface area contributed by atoms with Crippen LogP contribution in [0.4, 0.5) is 0 Å². The van der Waals surface area contributed by atoms with E-state index < -0.39 is 0 Å². The van der Waals surface area contributed by atoms with Gasteiger partial charge in [0, 0.05) is 6.54 Å². The van der Waals surface area contributed by atoms with Gasteiger partial charge in [0.15, 0.2) is 0 Å². The number of aliphatic hydroxyl groups is 1. The van der Waals surface area contributed by atoms with Gasteiger partial charge in [-0.15, -0.1) is 0 Å². The van der Waals surface area contributed by atoms with Crippen LogP contribution < -0.4 is 0 Å². The highest BCUT2D eigenvalue weighted by molar-refractivity contribution is 5.32. The Bertz CT molecular complexity index is 396. The lowest BCUT2D eigenvalue weighted by Crippen LogP contribution is -2.28. The van der Waals surface area contributed by atoms with Gasteiger partial charge in [-0.3, -0.25) is 0 Å². The molecule has 18 heavy (non-hydrogen) atoms. The second-order valence-corrected chi connectivity index (χ2v) is 5.79. The fourth-order valence-corrected chi connectivity index (χ4v) is 2.94. The molecule has 0 spiro atoms. The van der Waals surface area contributed by atoms with Crippen molar-refractivity contribution in [3.8, 4) is 0 Å². The summed E-state index contributed by atoms with van der Waals surface area (Å²) in [6.45, 7) is 9.75. The fourth-order valence-electron chi connectivity index (χ4n) is 2.94. The van der Waals surface area contributed by atoms with E-state index >= 15 is 0 Å². The van der Waals surface area contributed by atoms with Crippen molar-refractivity contribution in [3.05, 3.63) is 34.9 Å². The SMILES string of the molecule is Cc1ccc(C(O)C(C)CN2CCCC2)c(C)c1. The summed E-state index contributed by atoms with van der Waals surface area (Å²) in [5.41, 5.74) is 3.55. The number of benzene rings is 1. The predicted octanol–water partition coefficient (Wildman–Crippen LogP) is 3.07. The summed E-state index contributed by atoms with van der Waals surface area (Å²) in [6, 6.07) is 6.32. The molecule has 0 saturated carbocycles. The molecule has 2 nitrogen and oxygen atoms in total. The van der Waals surface area contributed by atoms with Gasteiger partial charge in [-0.25, -0.2) is 0 Å². The van der Waals surface area contributed by atoms with Crippen LogP contribution in [0.15, 0.2) is 18.2 Å². The maximum atomic E-state index is 10.5. The molecule has 0 amide bonds. The van der Waals surface area contributed by atoms with E-state index in [9.17, 15) is 5.11 Å². The molecule has 1 aliphatic rings. The molecule has 2 heteroatoms. The molecule has 2 rings (SSSR count). The van der Waals surface area contributed by atoms with Gasteiger partial charge in [-0.1, -0.05) is 30.7 Å². The van der Waals surface area contributed by atoms with Crippen LogP contribution in [0.5, 0.6) is 0 Å². The summed E-state index contributed by atoms with van der Waals surface area (Å²) in [5.74, 6) is 0.296. The van der Waals surface area contributed by atoms with E-state index in [2.05, 4.69) is 43.9 Å². The van der Waals surface area contributed by atoms with Crippen molar-refractivity contribution in [1.29, 1.82) is 0 Å². The predicted molar refractivity (Wildman–Crippen MR) is 75.7 cm³/mol. The Morgan fingerprint density at radius 3 is 2.50 bits per heavy atom. The monoisotopic (exact) mass is 247 g/mol. The number of hydrogen-bond donors (Lipinski definition) is 1. The van der Waals surface area contributed by atoms with Crippen molar-refractivity contribution in [2.45, 2.75) is 39.7 Å². The van der Waals surface area contributed by atoms with E-state index in [4.69, 9.17) is 0 Å². The second-order valence-electron chi connectivity index (χ2n) is 5.79. The van der Waals surface area contributed by atoms with E-state index in [0.29, 0.717) is 5.92 Å². The van der Waals surface area contributed by atoms with E-state index in [1.54, 1.807) is 0 Å². The first-order valence-corrected chi connectivity index (χ1v) is 7.05. The molecule has 1 aromatic carbocycles. The van der Waals surface area contributed by atoms with Crippen LogP contribution in [-0.4, -0.2) is 29.6 Å². The number of aryl methyl sites for hydroxylation is 2. The number of hydrogen-bond acceptors (Lipinski definition) is 2. The summed E-state index contributed by atoms with van der Waals surface area (Å²) >= 11 is 0. The summed E-state index contributed by atoms with van der Waals surface area (Å²) in [7, 11) is 0. The zero-order valence-electron chi connectivity index (χ0n) is 11.8. The van der Waals surface area contributed by atoms with Crippen LogP contribution in [0, 0.1) is 19.8 Å². The summed E-state index contributed by atoms with van der Waals surface area (Å²) in [4.78, 5) is 2.47. The minimum atomic E-state index is -0.341. The minimum absolute atomic E-state index is 0.296. The largest absolute Gasteiger partial charge is 0.388 e. The van der Waals surface area contributed by atoms with E-state index in [0.717, 1.165) is 12.1 Å². The Kier molecular flexibility index (Phi) is 4.41. The van der Waals surface area contributed by atoms with Crippen molar-refractivity contribution in [2.75, 3.05) is 19.6 Å². The van der Waals surface area contributed by atoms with Crippen LogP contribution in [0.3, 0.4) is 0 Å². The molecule has 1 aromatic rings. The molecule has 1 aliphatic heterocycles. The van der Waals surface area contributed by atoms with Gasteiger partial charge in [0.1, 0.15) is 0 Å². The first kappa shape index (κ1) is 13.6. The molecule has 0 bridgehead atoms. The van der Waals surface area contributed by atoms with Crippen molar-refractivity contribution < 1.29 is 5.11 Å². The van der Waals surface area contributed by atoms with Gasteiger partial charge in [0.2, 0.25) is 0 Å². The zero-order valence-corrected chi connectivity index (χ0v) is 11.8. The molecule has 1 heterocycles. The van der Waals surface area contributed by atoms with E-state index in [1.165, 1.54) is 37.1 Å². The molecule has 0 aliphatic carbocycles. The first-order chi connectivity index (χ1) is 8.58. The maximum Gasteiger partial charge on any atom is 0.0830 e. The Morgan fingerprint density at radius 2 is 1.89 bits per heavy atom. The lowest BCUT2D eigenvalue weighted by atomic mass is 9.93. The number of likely N-dealkylation sites (tertiary alicyclic amines) is 1. The molecule has 0 aromatic heterocycles. The fraction of sp³-hybridized carbons (Fsp3) is 0.625. The normalized spacial score (nSPS) is 20.0.